The van der Waals surface area contributed by atoms with Gasteiger partial charge in [-0.15, -0.1) is 0 Å². The molecule has 4 heteroatoms. The molecule has 1 heterocycles. The van der Waals surface area contributed by atoms with Gasteiger partial charge in [-0.25, -0.2) is 4.39 Å². The molecule has 0 unspecified atom stereocenters. The molecule has 3 nitrogen and oxygen atoms in total. The number of halogens is 1. The lowest BCUT2D eigenvalue weighted by Gasteiger charge is -2.07. The third-order valence-corrected chi connectivity index (χ3v) is 2.59. The maximum absolute atomic E-state index is 13.4. The van der Waals surface area contributed by atoms with Gasteiger partial charge in [-0.05, 0) is 30.3 Å². The number of para-hydroxylation sites is 1. The normalized spacial score (nSPS) is 10.6. The van der Waals surface area contributed by atoms with Gasteiger partial charge in [0, 0.05) is 11.1 Å². The van der Waals surface area contributed by atoms with Gasteiger partial charge in [-0.2, -0.15) is 5.10 Å². The molecule has 0 amide bonds. The highest BCUT2D eigenvalue weighted by atomic mass is 19.1. The van der Waals surface area contributed by atoms with E-state index in [0.717, 1.165) is 16.6 Å². The second-order valence-corrected chi connectivity index (χ2v) is 3.78. The van der Waals surface area contributed by atoms with Crippen molar-refractivity contribution in [3.8, 4) is 0 Å². The van der Waals surface area contributed by atoms with Crippen molar-refractivity contribution in [2.75, 3.05) is 5.32 Å². The zero-order valence-electron chi connectivity index (χ0n) is 8.94. The van der Waals surface area contributed by atoms with Crippen LogP contribution in [0.15, 0.2) is 48.7 Å². The summed E-state index contributed by atoms with van der Waals surface area (Å²) in [5.41, 5.74) is 2.21. The molecule has 2 aromatic carbocycles. The molecular formula is C13H10FN3. The highest BCUT2D eigenvalue weighted by molar-refractivity contribution is 5.82. The fourth-order valence-corrected chi connectivity index (χ4v) is 1.73. The van der Waals surface area contributed by atoms with Crippen LogP contribution in [0, 0.1) is 5.82 Å². The molecule has 0 saturated carbocycles. The Balaban J connectivity index is 1.97. The summed E-state index contributed by atoms with van der Waals surface area (Å²) < 4.78 is 13.4. The van der Waals surface area contributed by atoms with Gasteiger partial charge in [0.05, 0.1) is 17.4 Å². The standard InChI is InChI=1S/C13H10FN3/c14-11-3-1-2-4-12(11)16-10-6-5-9-8-15-17-13(9)7-10/h1-8,16H,(H,15,17). The number of anilines is 2. The molecule has 3 rings (SSSR count). The zero-order chi connectivity index (χ0) is 11.7. The van der Waals surface area contributed by atoms with Gasteiger partial charge in [0.15, 0.2) is 0 Å². The van der Waals surface area contributed by atoms with E-state index in [-0.39, 0.29) is 5.82 Å². The molecule has 0 radical (unpaired) electrons. The number of nitrogens with one attached hydrogen (secondary N) is 2. The molecule has 84 valence electrons. The Morgan fingerprint density at radius 2 is 2.00 bits per heavy atom. The van der Waals surface area contributed by atoms with Crippen molar-refractivity contribution < 1.29 is 4.39 Å². The number of benzene rings is 2. The average Bonchev–Trinajstić information content (AvgIpc) is 2.79. The van der Waals surface area contributed by atoms with Gasteiger partial charge in [0.25, 0.3) is 0 Å². The first-order valence-corrected chi connectivity index (χ1v) is 5.27. The molecule has 0 saturated heterocycles. The number of hydrogen-bond acceptors (Lipinski definition) is 2. The molecule has 0 atom stereocenters. The summed E-state index contributed by atoms with van der Waals surface area (Å²) in [6, 6.07) is 12.3. The van der Waals surface area contributed by atoms with Crippen molar-refractivity contribution in [2.24, 2.45) is 0 Å². The fraction of sp³-hybridized carbons (Fsp3) is 0. The van der Waals surface area contributed by atoms with E-state index in [1.807, 2.05) is 18.2 Å². The maximum atomic E-state index is 13.4. The first kappa shape index (κ1) is 9.84. The molecule has 0 spiro atoms. The highest BCUT2D eigenvalue weighted by Crippen LogP contribution is 2.22. The van der Waals surface area contributed by atoms with Crippen LogP contribution in [0.5, 0.6) is 0 Å². The molecule has 1 aromatic heterocycles. The van der Waals surface area contributed by atoms with Gasteiger partial charge in [-0.3, -0.25) is 5.10 Å². The van der Waals surface area contributed by atoms with Gasteiger partial charge in [0.2, 0.25) is 0 Å². The van der Waals surface area contributed by atoms with Crippen LogP contribution in [0.3, 0.4) is 0 Å². The zero-order valence-corrected chi connectivity index (χ0v) is 8.94. The third kappa shape index (κ3) is 1.85. The van der Waals surface area contributed by atoms with E-state index in [1.54, 1.807) is 24.4 Å². The van der Waals surface area contributed by atoms with Crippen LogP contribution in [0.25, 0.3) is 10.9 Å². The van der Waals surface area contributed by atoms with Crippen molar-refractivity contribution in [2.45, 2.75) is 0 Å². The van der Waals surface area contributed by atoms with E-state index in [4.69, 9.17) is 0 Å². The predicted octanol–water partition coefficient (Wildman–Crippen LogP) is 3.45. The summed E-state index contributed by atoms with van der Waals surface area (Å²) in [7, 11) is 0. The van der Waals surface area contributed by atoms with Crippen LogP contribution >= 0.6 is 0 Å². The summed E-state index contributed by atoms with van der Waals surface area (Å²) in [6.07, 6.45) is 1.75. The van der Waals surface area contributed by atoms with E-state index in [1.165, 1.54) is 6.07 Å². The van der Waals surface area contributed by atoms with Crippen molar-refractivity contribution in [3.05, 3.63) is 54.5 Å². The molecule has 0 aliphatic heterocycles. The van der Waals surface area contributed by atoms with E-state index >= 15 is 0 Å². The number of H-pyrrole nitrogens is 1. The number of aromatic nitrogens is 2. The van der Waals surface area contributed by atoms with E-state index in [2.05, 4.69) is 15.5 Å². The SMILES string of the molecule is Fc1ccccc1Nc1ccc2cn[nH]c2c1. The van der Waals surface area contributed by atoms with Crippen molar-refractivity contribution >= 4 is 22.3 Å². The van der Waals surface area contributed by atoms with Crippen molar-refractivity contribution in [1.82, 2.24) is 10.2 Å². The van der Waals surface area contributed by atoms with E-state index in [9.17, 15) is 4.39 Å². The van der Waals surface area contributed by atoms with Crippen molar-refractivity contribution in [1.29, 1.82) is 0 Å². The summed E-state index contributed by atoms with van der Waals surface area (Å²) in [5, 5.41) is 10.9. The van der Waals surface area contributed by atoms with Crippen LogP contribution in [0.1, 0.15) is 0 Å². The van der Waals surface area contributed by atoms with Crippen LogP contribution < -0.4 is 5.32 Å². The number of nitrogens with zero attached hydrogens (tertiary/aromatic N) is 1. The van der Waals surface area contributed by atoms with Crippen LogP contribution in [0.2, 0.25) is 0 Å². The second-order valence-electron chi connectivity index (χ2n) is 3.78. The third-order valence-electron chi connectivity index (χ3n) is 2.59. The molecule has 3 aromatic rings. The molecular weight excluding hydrogens is 217 g/mol. The first-order chi connectivity index (χ1) is 8.33. The van der Waals surface area contributed by atoms with E-state index < -0.39 is 0 Å². The quantitative estimate of drug-likeness (QED) is 0.704. The van der Waals surface area contributed by atoms with Gasteiger partial charge >= 0.3 is 0 Å². The number of aromatic amines is 1. The smallest absolute Gasteiger partial charge is 0.146 e. The topological polar surface area (TPSA) is 40.7 Å². The molecule has 2 N–H and O–H groups in total. The summed E-state index contributed by atoms with van der Waals surface area (Å²) in [6.45, 7) is 0. The fourth-order valence-electron chi connectivity index (χ4n) is 1.73. The Hall–Kier alpha value is -2.36. The van der Waals surface area contributed by atoms with E-state index in [0.29, 0.717) is 5.69 Å². The lowest BCUT2D eigenvalue weighted by Crippen LogP contribution is -1.92. The Morgan fingerprint density at radius 1 is 1.12 bits per heavy atom. The summed E-state index contributed by atoms with van der Waals surface area (Å²) >= 11 is 0. The minimum Gasteiger partial charge on any atom is -0.353 e. The number of hydrogen-bond donors (Lipinski definition) is 2. The van der Waals surface area contributed by atoms with Gasteiger partial charge in [0.1, 0.15) is 5.82 Å². The first-order valence-electron chi connectivity index (χ1n) is 5.27. The predicted molar refractivity (Wildman–Crippen MR) is 65.8 cm³/mol. The Bertz CT molecular complexity index is 660. The summed E-state index contributed by atoms with van der Waals surface area (Å²) in [4.78, 5) is 0. The minimum absolute atomic E-state index is 0.266. The van der Waals surface area contributed by atoms with Gasteiger partial charge in [-0.1, -0.05) is 12.1 Å². The average molecular weight is 227 g/mol. The monoisotopic (exact) mass is 227 g/mol. The molecule has 0 fully saturated rings. The number of fused-ring (bicyclic) bond motifs is 1. The summed E-state index contributed by atoms with van der Waals surface area (Å²) in [5.74, 6) is -0.266. The van der Waals surface area contributed by atoms with Crippen LogP contribution in [-0.2, 0) is 0 Å². The lowest BCUT2D eigenvalue weighted by molar-refractivity contribution is 0.632. The highest BCUT2D eigenvalue weighted by Gasteiger charge is 2.02. The van der Waals surface area contributed by atoms with Crippen molar-refractivity contribution in [3.63, 3.8) is 0 Å². The lowest BCUT2D eigenvalue weighted by atomic mass is 10.2. The Kier molecular flexibility index (Phi) is 2.26. The molecule has 0 aliphatic carbocycles. The molecule has 0 bridgehead atoms. The molecule has 17 heavy (non-hydrogen) atoms. The minimum atomic E-state index is -0.266. The Morgan fingerprint density at radius 3 is 2.88 bits per heavy atom. The maximum Gasteiger partial charge on any atom is 0.146 e. The van der Waals surface area contributed by atoms with Crippen LogP contribution in [-0.4, -0.2) is 10.2 Å². The molecule has 0 aliphatic rings. The van der Waals surface area contributed by atoms with Crippen LogP contribution in [0.4, 0.5) is 15.8 Å². The largest absolute Gasteiger partial charge is 0.353 e. The Labute approximate surface area is 97.3 Å². The van der Waals surface area contributed by atoms with Gasteiger partial charge < -0.3 is 5.32 Å². The second kappa shape index (κ2) is 3.90. The number of rotatable bonds is 2.